The maximum absolute atomic E-state index is 11.5. The van der Waals surface area contributed by atoms with Gasteiger partial charge in [0.15, 0.2) is 12.4 Å². The van der Waals surface area contributed by atoms with Crippen LogP contribution in [0.15, 0.2) is 0 Å². The Kier molecular flexibility index (Phi) is 5.32. The monoisotopic (exact) mass is 248 g/mol. The van der Waals surface area contributed by atoms with Crippen molar-refractivity contribution in [3.63, 3.8) is 0 Å². The number of hydrogen-bond donors (Lipinski definition) is 1. The van der Waals surface area contributed by atoms with Crippen LogP contribution < -0.4 is 0 Å². The molecule has 0 saturated carbocycles. The van der Waals surface area contributed by atoms with Crippen LogP contribution in [0.4, 0.5) is 0 Å². The highest BCUT2D eigenvalue weighted by Crippen LogP contribution is 2.31. The predicted molar refractivity (Wildman–Crippen MR) is 58.0 cm³/mol. The smallest absolute Gasteiger partial charge is 0.335 e. The minimum absolute atomic E-state index is 0.111. The molecule has 1 heterocycles. The lowest BCUT2D eigenvalue weighted by Gasteiger charge is -2.41. The van der Waals surface area contributed by atoms with E-state index in [1.165, 1.54) is 14.2 Å². The van der Waals surface area contributed by atoms with Gasteiger partial charge in [-0.1, -0.05) is 13.8 Å². The van der Waals surface area contributed by atoms with Crippen molar-refractivity contribution in [2.75, 3.05) is 21.0 Å². The molecule has 0 spiro atoms. The van der Waals surface area contributed by atoms with Crippen LogP contribution in [-0.4, -0.2) is 50.6 Å². The van der Waals surface area contributed by atoms with Crippen molar-refractivity contribution in [3.05, 3.63) is 0 Å². The van der Waals surface area contributed by atoms with Crippen molar-refractivity contribution in [2.24, 2.45) is 11.8 Å². The summed E-state index contributed by atoms with van der Waals surface area (Å²) in [7, 11) is 2.80. The summed E-state index contributed by atoms with van der Waals surface area (Å²) in [5.41, 5.74) is 0. The van der Waals surface area contributed by atoms with Crippen molar-refractivity contribution >= 4 is 5.97 Å². The summed E-state index contributed by atoms with van der Waals surface area (Å²) in [5.74, 6) is -0.952. The Morgan fingerprint density at radius 2 is 1.94 bits per heavy atom. The lowest BCUT2D eigenvalue weighted by Crippen LogP contribution is -2.53. The molecule has 1 aliphatic rings. The molecule has 17 heavy (non-hydrogen) atoms. The van der Waals surface area contributed by atoms with Crippen LogP contribution >= 0.6 is 0 Å². The van der Waals surface area contributed by atoms with Crippen molar-refractivity contribution in [2.45, 2.75) is 32.3 Å². The van der Waals surface area contributed by atoms with Gasteiger partial charge in [-0.3, -0.25) is 0 Å². The third-order valence-electron chi connectivity index (χ3n) is 3.06. The number of aliphatic hydroxyl groups is 1. The van der Waals surface area contributed by atoms with E-state index in [0.717, 1.165) is 0 Å². The summed E-state index contributed by atoms with van der Waals surface area (Å²) in [6.45, 7) is 3.74. The van der Waals surface area contributed by atoms with Gasteiger partial charge in [-0.05, 0) is 0 Å². The van der Waals surface area contributed by atoms with Crippen LogP contribution in [0.3, 0.4) is 0 Å². The second kappa shape index (κ2) is 6.30. The van der Waals surface area contributed by atoms with E-state index in [0.29, 0.717) is 0 Å². The Morgan fingerprint density at radius 1 is 1.29 bits per heavy atom. The third-order valence-corrected chi connectivity index (χ3v) is 3.06. The highest BCUT2D eigenvalue weighted by molar-refractivity contribution is 5.75. The van der Waals surface area contributed by atoms with E-state index in [2.05, 4.69) is 4.74 Å². The summed E-state index contributed by atoms with van der Waals surface area (Å²) in [6, 6.07) is 0. The number of methoxy groups -OCH3 is 2. The molecule has 6 heteroatoms. The second-order valence-electron chi connectivity index (χ2n) is 4.23. The fraction of sp³-hybridized carbons (Fsp3) is 0.909. The molecule has 100 valence electrons. The van der Waals surface area contributed by atoms with E-state index in [1.807, 2.05) is 6.92 Å². The van der Waals surface area contributed by atoms with Crippen molar-refractivity contribution in [3.8, 4) is 0 Å². The molecule has 1 unspecified atom stereocenters. The number of carbonyl (C=O) groups is 1. The van der Waals surface area contributed by atoms with Crippen LogP contribution in [0.5, 0.6) is 0 Å². The standard InChI is InChI=1S/C11H20O6/c1-6-8(16-5-14-3)7(2)10(12)17-9(6)11(13)15-4/h6-10,12H,5H2,1-4H3/t6-,7-,8+,9+,10?/m0/s1. The van der Waals surface area contributed by atoms with Crippen LogP contribution in [0, 0.1) is 11.8 Å². The summed E-state index contributed by atoms with van der Waals surface area (Å²) in [4.78, 5) is 11.5. The first-order valence-corrected chi connectivity index (χ1v) is 5.54. The van der Waals surface area contributed by atoms with Crippen molar-refractivity contribution in [1.29, 1.82) is 0 Å². The Morgan fingerprint density at radius 3 is 2.47 bits per heavy atom. The summed E-state index contributed by atoms with van der Waals surface area (Å²) >= 11 is 0. The minimum Gasteiger partial charge on any atom is -0.467 e. The van der Waals surface area contributed by atoms with Gasteiger partial charge in [0.2, 0.25) is 0 Å². The molecule has 0 aromatic heterocycles. The Balaban J connectivity index is 2.75. The third kappa shape index (κ3) is 3.16. The SMILES string of the molecule is COCO[C@@H]1[C@H](C)[C@H](C(=O)OC)OC(O)[C@H]1C. The summed E-state index contributed by atoms with van der Waals surface area (Å²) in [6.07, 6.45) is -2.17. The Bertz CT molecular complexity index is 256. The quantitative estimate of drug-likeness (QED) is 0.563. The summed E-state index contributed by atoms with van der Waals surface area (Å²) in [5, 5.41) is 9.73. The molecule has 1 saturated heterocycles. The van der Waals surface area contributed by atoms with Gasteiger partial charge < -0.3 is 24.1 Å². The molecule has 1 fully saturated rings. The van der Waals surface area contributed by atoms with E-state index in [-0.39, 0.29) is 24.7 Å². The molecule has 0 radical (unpaired) electrons. The lowest BCUT2D eigenvalue weighted by molar-refractivity contribution is -0.262. The highest BCUT2D eigenvalue weighted by Gasteiger charge is 2.45. The van der Waals surface area contributed by atoms with Gasteiger partial charge in [-0.2, -0.15) is 0 Å². The van der Waals surface area contributed by atoms with Crippen molar-refractivity contribution in [1.82, 2.24) is 0 Å². The molecule has 0 aliphatic carbocycles. The molecule has 1 aliphatic heterocycles. The molecule has 6 nitrogen and oxygen atoms in total. The van der Waals surface area contributed by atoms with Crippen LogP contribution in [0.25, 0.3) is 0 Å². The maximum Gasteiger partial charge on any atom is 0.335 e. The van der Waals surface area contributed by atoms with E-state index < -0.39 is 18.4 Å². The van der Waals surface area contributed by atoms with E-state index in [4.69, 9.17) is 14.2 Å². The number of carbonyl (C=O) groups excluding carboxylic acids is 1. The fourth-order valence-electron chi connectivity index (χ4n) is 2.05. The van der Waals surface area contributed by atoms with Crippen LogP contribution in [-0.2, 0) is 23.7 Å². The summed E-state index contributed by atoms with van der Waals surface area (Å²) < 4.78 is 20.2. The molecular formula is C11H20O6. The fourth-order valence-corrected chi connectivity index (χ4v) is 2.05. The zero-order valence-corrected chi connectivity index (χ0v) is 10.6. The van der Waals surface area contributed by atoms with E-state index in [9.17, 15) is 9.90 Å². The number of hydrogen-bond acceptors (Lipinski definition) is 6. The maximum atomic E-state index is 11.5. The topological polar surface area (TPSA) is 74.2 Å². The van der Waals surface area contributed by atoms with Gasteiger partial charge in [0, 0.05) is 18.9 Å². The zero-order chi connectivity index (χ0) is 13.0. The van der Waals surface area contributed by atoms with Gasteiger partial charge in [0.25, 0.3) is 0 Å². The predicted octanol–water partition coefficient (Wildman–Crippen LogP) is 0.138. The molecule has 0 aromatic rings. The first-order valence-electron chi connectivity index (χ1n) is 5.54. The minimum atomic E-state index is -1.04. The molecule has 1 rings (SSSR count). The van der Waals surface area contributed by atoms with E-state index >= 15 is 0 Å². The number of aliphatic hydroxyl groups excluding tert-OH is 1. The molecule has 1 N–H and O–H groups in total. The normalized spacial score (nSPS) is 37.8. The van der Waals surface area contributed by atoms with Crippen LogP contribution in [0.2, 0.25) is 0 Å². The van der Waals surface area contributed by atoms with Crippen LogP contribution in [0.1, 0.15) is 13.8 Å². The first kappa shape index (κ1) is 14.4. The highest BCUT2D eigenvalue weighted by atomic mass is 16.7. The van der Waals surface area contributed by atoms with Gasteiger partial charge in [0.05, 0.1) is 13.2 Å². The largest absolute Gasteiger partial charge is 0.467 e. The van der Waals surface area contributed by atoms with Gasteiger partial charge in [-0.25, -0.2) is 4.79 Å². The average Bonchev–Trinajstić information content (AvgIpc) is 2.33. The zero-order valence-electron chi connectivity index (χ0n) is 10.6. The lowest BCUT2D eigenvalue weighted by atomic mass is 9.85. The molecule has 0 amide bonds. The van der Waals surface area contributed by atoms with Gasteiger partial charge >= 0.3 is 5.97 Å². The van der Waals surface area contributed by atoms with E-state index in [1.54, 1.807) is 6.92 Å². The Hall–Kier alpha value is -0.690. The Labute approximate surface area is 101 Å². The first-order chi connectivity index (χ1) is 8.02. The molecule has 0 aromatic carbocycles. The molecule has 0 bridgehead atoms. The number of rotatable bonds is 4. The van der Waals surface area contributed by atoms with Gasteiger partial charge in [0.1, 0.15) is 6.79 Å². The van der Waals surface area contributed by atoms with Gasteiger partial charge in [-0.15, -0.1) is 0 Å². The molecular weight excluding hydrogens is 228 g/mol. The average molecular weight is 248 g/mol. The number of esters is 1. The number of ether oxygens (including phenoxy) is 4. The van der Waals surface area contributed by atoms with Crippen molar-refractivity contribution < 1.29 is 28.8 Å². The molecule has 5 atom stereocenters. The second-order valence-corrected chi connectivity index (χ2v) is 4.23.